The number of aliphatic hydroxyl groups excluding tert-OH is 1. The lowest BCUT2D eigenvalue weighted by atomic mass is 10.1. The molecule has 0 aliphatic rings. The van der Waals surface area contributed by atoms with Crippen molar-refractivity contribution in [2.24, 2.45) is 0 Å². The van der Waals surface area contributed by atoms with E-state index in [1.807, 2.05) is 24.3 Å². The predicted molar refractivity (Wildman–Crippen MR) is 126 cm³/mol. The van der Waals surface area contributed by atoms with Gasteiger partial charge in [-0.1, -0.05) is 84.9 Å². The maximum absolute atomic E-state index is 11.8. The zero-order chi connectivity index (χ0) is 19.9. The SMILES string of the molecule is OC(CCc1ccccc1)[P+](c1ccccc1)(c1ccccc1)c1ccccc1.[Cl-]. The third kappa shape index (κ3) is 4.50. The molecule has 4 aromatic rings. The van der Waals surface area contributed by atoms with E-state index in [1.54, 1.807) is 0 Å². The van der Waals surface area contributed by atoms with Crippen LogP contribution in [0.3, 0.4) is 0 Å². The molecule has 0 bridgehead atoms. The van der Waals surface area contributed by atoms with E-state index in [2.05, 4.69) is 97.1 Å². The van der Waals surface area contributed by atoms with Gasteiger partial charge in [0.05, 0.1) is 0 Å². The Morgan fingerprint density at radius 2 is 0.867 bits per heavy atom. The van der Waals surface area contributed by atoms with E-state index < -0.39 is 13.1 Å². The third-order valence-electron chi connectivity index (χ3n) is 5.47. The summed E-state index contributed by atoms with van der Waals surface area (Å²) in [5.74, 6) is -0.463. The van der Waals surface area contributed by atoms with Crippen molar-refractivity contribution in [1.82, 2.24) is 0 Å². The van der Waals surface area contributed by atoms with Gasteiger partial charge < -0.3 is 17.5 Å². The first-order chi connectivity index (χ1) is 14.3. The molecule has 30 heavy (non-hydrogen) atoms. The van der Waals surface area contributed by atoms with Crippen molar-refractivity contribution in [2.45, 2.75) is 18.7 Å². The van der Waals surface area contributed by atoms with E-state index >= 15 is 0 Å². The van der Waals surface area contributed by atoms with Crippen molar-refractivity contribution >= 4 is 23.2 Å². The summed E-state index contributed by atoms with van der Waals surface area (Å²) in [7, 11) is -2.23. The van der Waals surface area contributed by atoms with Crippen molar-refractivity contribution in [3.05, 3.63) is 127 Å². The van der Waals surface area contributed by atoms with Crippen molar-refractivity contribution in [3.63, 3.8) is 0 Å². The maximum Gasteiger partial charge on any atom is 0.178 e. The van der Waals surface area contributed by atoms with Crippen molar-refractivity contribution in [3.8, 4) is 0 Å². The van der Waals surface area contributed by atoms with E-state index in [9.17, 15) is 5.11 Å². The Kier molecular flexibility index (Phi) is 7.82. The van der Waals surface area contributed by atoms with Gasteiger partial charge in [0, 0.05) is 6.42 Å². The van der Waals surface area contributed by atoms with Gasteiger partial charge in [-0.05, 0) is 48.4 Å². The molecule has 1 unspecified atom stereocenters. The molecule has 0 saturated heterocycles. The lowest BCUT2D eigenvalue weighted by Crippen LogP contribution is -3.00. The van der Waals surface area contributed by atoms with Crippen LogP contribution in [0, 0.1) is 0 Å². The highest BCUT2D eigenvalue weighted by molar-refractivity contribution is 7.96. The molecule has 152 valence electrons. The van der Waals surface area contributed by atoms with Crippen LogP contribution in [0.15, 0.2) is 121 Å². The van der Waals surface area contributed by atoms with Gasteiger partial charge in [0.2, 0.25) is 0 Å². The van der Waals surface area contributed by atoms with E-state index in [1.165, 1.54) is 21.5 Å². The van der Waals surface area contributed by atoms with Gasteiger partial charge in [0.15, 0.2) is 5.85 Å². The second-order valence-corrected chi connectivity index (χ2v) is 10.8. The summed E-state index contributed by atoms with van der Waals surface area (Å²) in [6.07, 6.45) is 1.58. The fraction of sp³-hybridized carbons (Fsp3) is 0.111. The first-order valence-corrected chi connectivity index (χ1v) is 11.9. The Morgan fingerprint density at radius 1 is 0.533 bits per heavy atom. The van der Waals surface area contributed by atoms with Crippen LogP contribution in [0.1, 0.15) is 12.0 Å². The molecule has 1 N–H and O–H groups in total. The molecule has 0 heterocycles. The number of aryl methyl sites for hydroxylation is 1. The largest absolute Gasteiger partial charge is 1.00 e. The number of hydrogen-bond donors (Lipinski definition) is 1. The molecular weight excluding hydrogens is 407 g/mol. The van der Waals surface area contributed by atoms with Gasteiger partial charge in [-0.25, -0.2) is 0 Å². The van der Waals surface area contributed by atoms with Crippen molar-refractivity contribution in [1.29, 1.82) is 0 Å². The quantitative estimate of drug-likeness (QED) is 0.442. The molecule has 0 aromatic heterocycles. The van der Waals surface area contributed by atoms with Crippen LogP contribution >= 0.6 is 7.26 Å². The third-order valence-corrected chi connectivity index (χ3v) is 9.96. The second kappa shape index (κ2) is 10.5. The summed E-state index contributed by atoms with van der Waals surface area (Å²) in [6, 6.07) is 42.2. The summed E-state index contributed by atoms with van der Waals surface area (Å²) in [5.41, 5.74) is 1.26. The number of halogens is 1. The fourth-order valence-electron chi connectivity index (χ4n) is 4.09. The van der Waals surface area contributed by atoms with Crippen LogP contribution < -0.4 is 28.3 Å². The molecule has 0 fully saturated rings. The van der Waals surface area contributed by atoms with Gasteiger partial charge in [-0.15, -0.1) is 0 Å². The zero-order valence-electron chi connectivity index (χ0n) is 16.8. The first kappa shape index (κ1) is 22.2. The molecule has 4 aromatic carbocycles. The van der Waals surface area contributed by atoms with Crippen LogP contribution in [-0.2, 0) is 6.42 Å². The molecular formula is C27H26ClOP. The molecule has 0 radical (unpaired) electrons. The van der Waals surface area contributed by atoms with E-state index in [-0.39, 0.29) is 12.4 Å². The molecule has 0 aliphatic carbocycles. The van der Waals surface area contributed by atoms with Gasteiger partial charge in [-0.3, -0.25) is 0 Å². The first-order valence-electron chi connectivity index (χ1n) is 10.1. The lowest BCUT2D eigenvalue weighted by Gasteiger charge is -2.31. The van der Waals surface area contributed by atoms with Crippen LogP contribution in [0.2, 0.25) is 0 Å². The Balaban J connectivity index is 0.00000256. The molecule has 0 spiro atoms. The predicted octanol–water partition coefficient (Wildman–Crippen LogP) is 1.94. The number of aliphatic hydroxyl groups is 1. The highest BCUT2D eigenvalue weighted by Crippen LogP contribution is 2.59. The standard InChI is InChI=1S/C27H26OP.ClH/c28-27(22-21-23-13-5-1-6-14-23)29(24-15-7-2-8-16-24,25-17-9-3-10-18-25)26-19-11-4-12-20-26;/h1-20,27-28H,21-22H2;1H/q+1;/p-1. The van der Waals surface area contributed by atoms with Crippen molar-refractivity contribution in [2.75, 3.05) is 0 Å². The summed E-state index contributed by atoms with van der Waals surface area (Å²) in [4.78, 5) is 0. The minimum absolute atomic E-state index is 0. The highest BCUT2D eigenvalue weighted by atomic mass is 35.5. The number of hydrogen-bond acceptors (Lipinski definition) is 1. The Morgan fingerprint density at radius 3 is 1.23 bits per heavy atom. The topological polar surface area (TPSA) is 20.2 Å². The normalized spacial score (nSPS) is 12.0. The molecule has 0 aliphatic heterocycles. The van der Waals surface area contributed by atoms with Gasteiger partial charge >= 0.3 is 0 Å². The Hall–Kier alpha value is -2.44. The molecule has 3 heteroatoms. The van der Waals surface area contributed by atoms with E-state index in [4.69, 9.17) is 0 Å². The number of rotatable bonds is 7. The number of benzene rings is 4. The summed E-state index contributed by atoms with van der Waals surface area (Å²) >= 11 is 0. The highest BCUT2D eigenvalue weighted by Gasteiger charge is 2.51. The van der Waals surface area contributed by atoms with Crippen LogP contribution in [0.25, 0.3) is 0 Å². The van der Waals surface area contributed by atoms with Crippen LogP contribution in [0.4, 0.5) is 0 Å². The van der Waals surface area contributed by atoms with E-state index in [0.29, 0.717) is 0 Å². The van der Waals surface area contributed by atoms with Crippen LogP contribution in [-0.4, -0.2) is 11.0 Å². The van der Waals surface area contributed by atoms with Gasteiger partial charge in [0.1, 0.15) is 23.2 Å². The van der Waals surface area contributed by atoms with Gasteiger partial charge in [0.25, 0.3) is 0 Å². The lowest BCUT2D eigenvalue weighted by molar-refractivity contribution is -0.00000688. The smallest absolute Gasteiger partial charge is 0.178 e. The zero-order valence-corrected chi connectivity index (χ0v) is 18.5. The molecule has 1 atom stereocenters. The molecule has 4 rings (SSSR count). The fourth-order valence-corrected chi connectivity index (χ4v) is 8.46. The van der Waals surface area contributed by atoms with Gasteiger partial charge in [-0.2, -0.15) is 0 Å². The summed E-state index contributed by atoms with van der Waals surface area (Å²) in [5, 5.41) is 15.5. The minimum Gasteiger partial charge on any atom is -1.00 e. The molecule has 0 saturated carbocycles. The average molecular weight is 433 g/mol. The second-order valence-electron chi connectivity index (χ2n) is 7.23. The molecule has 1 nitrogen and oxygen atoms in total. The Labute approximate surface area is 186 Å². The average Bonchev–Trinajstić information content (AvgIpc) is 2.81. The van der Waals surface area contributed by atoms with E-state index in [0.717, 1.165) is 12.8 Å². The van der Waals surface area contributed by atoms with Crippen molar-refractivity contribution < 1.29 is 17.5 Å². The summed E-state index contributed by atoms with van der Waals surface area (Å²) < 4.78 is 0. The van der Waals surface area contributed by atoms with Crippen LogP contribution in [0.5, 0.6) is 0 Å². The minimum atomic E-state index is -2.23. The maximum atomic E-state index is 11.8. The monoisotopic (exact) mass is 432 g/mol. The summed E-state index contributed by atoms with van der Waals surface area (Å²) in [6.45, 7) is 0. The Bertz CT molecular complexity index is 911. The molecule has 0 amide bonds.